The lowest BCUT2D eigenvalue weighted by Gasteiger charge is -2.07. The first-order valence-electron chi connectivity index (χ1n) is 6.44. The van der Waals surface area contributed by atoms with E-state index in [9.17, 15) is 14.9 Å². The van der Waals surface area contributed by atoms with Gasteiger partial charge in [-0.3, -0.25) is 14.9 Å². The lowest BCUT2D eigenvalue weighted by Crippen LogP contribution is -2.13. The Morgan fingerprint density at radius 2 is 2.19 bits per heavy atom. The lowest BCUT2D eigenvalue weighted by atomic mass is 10.2. The van der Waals surface area contributed by atoms with Crippen molar-refractivity contribution in [3.8, 4) is 0 Å². The third kappa shape index (κ3) is 4.11. The minimum Gasteiger partial charge on any atom is -0.322 e. The van der Waals surface area contributed by atoms with Gasteiger partial charge in [-0.2, -0.15) is 0 Å². The van der Waals surface area contributed by atoms with Crippen LogP contribution < -0.4 is 10.6 Å². The standard InChI is InChI=1S/C14H15N3O3S/c1-2-15-8-10-4-3-5-12(6-10)16-14(18)11-7-13(17(19)20)21-9-11/h3-7,9,15H,2,8H2,1H3,(H,16,18). The molecule has 6 nitrogen and oxygen atoms in total. The molecule has 2 N–H and O–H groups in total. The molecule has 2 rings (SSSR count). The number of amides is 1. The predicted octanol–water partition coefficient (Wildman–Crippen LogP) is 3.02. The van der Waals surface area contributed by atoms with E-state index in [2.05, 4.69) is 10.6 Å². The van der Waals surface area contributed by atoms with Crippen molar-refractivity contribution in [2.45, 2.75) is 13.5 Å². The summed E-state index contributed by atoms with van der Waals surface area (Å²) < 4.78 is 0. The number of benzene rings is 1. The third-order valence-corrected chi connectivity index (χ3v) is 3.67. The molecule has 0 radical (unpaired) electrons. The van der Waals surface area contributed by atoms with Crippen LogP contribution in [0.2, 0.25) is 0 Å². The first-order chi connectivity index (χ1) is 10.1. The SMILES string of the molecule is CCNCc1cccc(NC(=O)c2csc([N+](=O)[O-])c2)c1. The van der Waals surface area contributed by atoms with Gasteiger partial charge < -0.3 is 10.6 Å². The molecule has 21 heavy (non-hydrogen) atoms. The maximum atomic E-state index is 12.0. The second kappa shape index (κ2) is 6.96. The summed E-state index contributed by atoms with van der Waals surface area (Å²) in [6.45, 7) is 3.62. The van der Waals surface area contributed by atoms with E-state index in [0.717, 1.165) is 30.0 Å². The Hall–Kier alpha value is -2.25. The molecule has 0 saturated carbocycles. The summed E-state index contributed by atoms with van der Waals surface area (Å²) in [7, 11) is 0. The molecule has 0 atom stereocenters. The number of carbonyl (C=O) groups excluding carboxylic acids is 1. The van der Waals surface area contributed by atoms with E-state index in [1.165, 1.54) is 11.4 Å². The molecule has 0 aliphatic rings. The predicted molar refractivity (Wildman–Crippen MR) is 82.7 cm³/mol. The van der Waals surface area contributed by atoms with Gasteiger partial charge in [-0.25, -0.2) is 0 Å². The number of carbonyl (C=O) groups is 1. The molecule has 2 aromatic rings. The second-order valence-corrected chi connectivity index (χ2v) is 5.26. The molecular weight excluding hydrogens is 290 g/mol. The van der Waals surface area contributed by atoms with Gasteiger partial charge >= 0.3 is 5.00 Å². The Balaban J connectivity index is 2.06. The molecule has 1 aromatic heterocycles. The van der Waals surface area contributed by atoms with Crippen LogP contribution in [0.5, 0.6) is 0 Å². The fourth-order valence-electron chi connectivity index (χ4n) is 1.77. The van der Waals surface area contributed by atoms with Crippen LogP contribution >= 0.6 is 11.3 Å². The van der Waals surface area contributed by atoms with Crippen molar-refractivity contribution in [3.63, 3.8) is 0 Å². The van der Waals surface area contributed by atoms with Gasteiger partial charge in [0.2, 0.25) is 0 Å². The van der Waals surface area contributed by atoms with Crippen molar-refractivity contribution < 1.29 is 9.72 Å². The highest BCUT2D eigenvalue weighted by atomic mass is 32.1. The minimum absolute atomic E-state index is 0.0407. The van der Waals surface area contributed by atoms with Crippen molar-refractivity contribution in [3.05, 3.63) is 57.0 Å². The molecule has 0 aliphatic heterocycles. The number of nitrogens with one attached hydrogen (secondary N) is 2. The van der Waals surface area contributed by atoms with Gasteiger partial charge in [0.05, 0.1) is 10.5 Å². The van der Waals surface area contributed by atoms with E-state index >= 15 is 0 Å². The molecular formula is C14H15N3O3S. The molecule has 1 amide bonds. The Kier molecular flexibility index (Phi) is 5.02. The molecule has 7 heteroatoms. The van der Waals surface area contributed by atoms with Crippen LogP contribution in [0, 0.1) is 10.1 Å². The average molecular weight is 305 g/mol. The zero-order chi connectivity index (χ0) is 15.2. The zero-order valence-corrected chi connectivity index (χ0v) is 12.3. The van der Waals surface area contributed by atoms with Crippen LogP contribution in [0.4, 0.5) is 10.7 Å². The van der Waals surface area contributed by atoms with E-state index in [1.807, 2.05) is 25.1 Å². The Morgan fingerprint density at radius 3 is 2.86 bits per heavy atom. The molecule has 1 aromatic carbocycles. The largest absolute Gasteiger partial charge is 0.324 e. The van der Waals surface area contributed by atoms with Crippen LogP contribution in [0.25, 0.3) is 0 Å². The van der Waals surface area contributed by atoms with Gasteiger partial charge in [0.15, 0.2) is 0 Å². The zero-order valence-electron chi connectivity index (χ0n) is 11.5. The summed E-state index contributed by atoms with van der Waals surface area (Å²) in [5.41, 5.74) is 2.03. The summed E-state index contributed by atoms with van der Waals surface area (Å²) in [5.74, 6) is -0.347. The molecule has 0 spiro atoms. The number of rotatable bonds is 6. The van der Waals surface area contributed by atoms with Crippen LogP contribution in [0.3, 0.4) is 0 Å². The van der Waals surface area contributed by atoms with Crippen LogP contribution in [-0.2, 0) is 6.54 Å². The summed E-state index contributed by atoms with van der Waals surface area (Å²) in [6.07, 6.45) is 0. The first-order valence-corrected chi connectivity index (χ1v) is 7.32. The number of nitro groups is 1. The van der Waals surface area contributed by atoms with Crippen molar-refractivity contribution in [1.82, 2.24) is 5.32 Å². The summed E-state index contributed by atoms with van der Waals surface area (Å²) in [6, 6.07) is 8.77. The second-order valence-electron chi connectivity index (χ2n) is 4.37. The number of thiophene rings is 1. The van der Waals surface area contributed by atoms with Gasteiger partial charge in [0.25, 0.3) is 5.91 Å². The van der Waals surface area contributed by atoms with E-state index in [-0.39, 0.29) is 10.9 Å². The van der Waals surface area contributed by atoms with Gasteiger partial charge in [-0.05, 0) is 24.2 Å². The van der Waals surface area contributed by atoms with Crippen LogP contribution in [-0.4, -0.2) is 17.4 Å². The highest BCUT2D eigenvalue weighted by molar-refractivity contribution is 7.13. The Labute approximate surface area is 126 Å². The van der Waals surface area contributed by atoms with Gasteiger partial charge in [0, 0.05) is 23.7 Å². The van der Waals surface area contributed by atoms with Crippen molar-refractivity contribution in [1.29, 1.82) is 0 Å². The van der Waals surface area contributed by atoms with E-state index in [0.29, 0.717) is 11.3 Å². The normalized spacial score (nSPS) is 10.3. The Morgan fingerprint density at radius 1 is 1.38 bits per heavy atom. The third-order valence-electron chi connectivity index (χ3n) is 2.79. The van der Waals surface area contributed by atoms with Crippen LogP contribution in [0.15, 0.2) is 35.7 Å². The van der Waals surface area contributed by atoms with E-state index in [4.69, 9.17) is 0 Å². The number of nitrogens with zero attached hydrogens (tertiary/aromatic N) is 1. The molecule has 1 heterocycles. The molecule has 0 saturated heterocycles. The van der Waals surface area contributed by atoms with Crippen LogP contribution in [0.1, 0.15) is 22.8 Å². The van der Waals surface area contributed by atoms with E-state index < -0.39 is 4.92 Å². The van der Waals surface area contributed by atoms with Crippen molar-refractivity contribution in [2.75, 3.05) is 11.9 Å². The summed E-state index contributed by atoms with van der Waals surface area (Å²) in [5, 5.41) is 18.0. The maximum absolute atomic E-state index is 12.0. The topological polar surface area (TPSA) is 84.3 Å². The number of anilines is 1. The quantitative estimate of drug-likeness (QED) is 0.634. The van der Waals surface area contributed by atoms with E-state index in [1.54, 1.807) is 6.07 Å². The minimum atomic E-state index is -0.502. The maximum Gasteiger partial charge on any atom is 0.324 e. The molecule has 0 aliphatic carbocycles. The molecule has 0 unspecified atom stereocenters. The lowest BCUT2D eigenvalue weighted by molar-refractivity contribution is -0.380. The monoisotopic (exact) mass is 305 g/mol. The first kappa shape index (κ1) is 15.1. The smallest absolute Gasteiger partial charge is 0.322 e. The average Bonchev–Trinajstić information content (AvgIpc) is 2.95. The van der Waals surface area contributed by atoms with Crippen molar-refractivity contribution in [2.24, 2.45) is 0 Å². The fourth-order valence-corrected chi connectivity index (χ4v) is 2.48. The fraction of sp³-hybridized carbons (Fsp3) is 0.214. The highest BCUT2D eigenvalue weighted by Crippen LogP contribution is 2.23. The highest BCUT2D eigenvalue weighted by Gasteiger charge is 2.15. The number of hydrogen-bond donors (Lipinski definition) is 2. The van der Waals surface area contributed by atoms with Gasteiger partial charge in [-0.1, -0.05) is 30.4 Å². The molecule has 0 fully saturated rings. The summed E-state index contributed by atoms with van der Waals surface area (Å²) >= 11 is 0.941. The van der Waals surface area contributed by atoms with Crippen molar-refractivity contribution >= 4 is 27.9 Å². The number of hydrogen-bond acceptors (Lipinski definition) is 5. The molecule has 0 bridgehead atoms. The Bertz CT molecular complexity index is 654. The summed E-state index contributed by atoms with van der Waals surface area (Å²) in [4.78, 5) is 22.1. The van der Waals surface area contributed by atoms with Gasteiger partial charge in [0.1, 0.15) is 0 Å². The molecule has 110 valence electrons. The van der Waals surface area contributed by atoms with Gasteiger partial charge in [-0.15, -0.1) is 0 Å².